The minimum absolute atomic E-state index is 0.0264. The summed E-state index contributed by atoms with van der Waals surface area (Å²) in [5, 5.41) is 9.19. The number of anilines is 1. The summed E-state index contributed by atoms with van der Waals surface area (Å²) < 4.78 is 61.9. The minimum atomic E-state index is -3.93. The van der Waals surface area contributed by atoms with Gasteiger partial charge in [0.25, 0.3) is 10.0 Å². The molecule has 0 saturated carbocycles. The van der Waals surface area contributed by atoms with E-state index in [1.165, 1.54) is 22.5 Å². The number of aliphatic hydroxyl groups excluding tert-OH is 1. The fraction of sp³-hybridized carbons (Fsp3) is 0.250. The molecule has 0 radical (unpaired) electrons. The standard InChI is InChI=1S/C24H23F2NO4S/c1-16-4-2-6-22(10-16)32(29,30)27-15-21(5-3-9-28)31-24-8-7-17(13-23(24)27)18-11-19(25)14-20(26)12-18/h2,4,6-8,10-14,21,28H,3,5,9,15H2,1H3/t21-/m0/s1. The molecule has 0 aromatic heterocycles. The van der Waals surface area contributed by atoms with E-state index in [1.54, 1.807) is 30.3 Å². The van der Waals surface area contributed by atoms with Crippen molar-refractivity contribution in [2.75, 3.05) is 17.5 Å². The van der Waals surface area contributed by atoms with E-state index in [2.05, 4.69) is 0 Å². The Morgan fingerprint density at radius 1 is 1.03 bits per heavy atom. The first kappa shape index (κ1) is 22.2. The summed E-state index contributed by atoms with van der Waals surface area (Å²) in [5.74, 6) is -1.08. The van der Waals surface area contributed by atoms with Crippen molar-refractivity contribution in [1.29, 1.82) is 0 Å². The van der Waals surface area contributed by atoms with Crippen LogP contribution in [0.1, 0.15) is 18.4 Å². The Morgan fingerprint density at radius 3 is 2.47 bits per heavy atom. The number of hydrogen-bond acceptors (Lipinski definition) is 4. The van der Waals surface area contributed by atoms with E-state index >= 15 is 0 Å². The van der Waals surface area contributed by atoms with E-state index in [9.17, 15) is 22.3 Å². The lowest BCUT2D eigenvalue weighted by molar-refractivity contribution is 0.172. The number of rotatable bonds is 6. The molecule has 1 heterocycles. The van der Waals surface area contributed by atoms with Crippen molar-refractivity contribution in [1.82, 2.24) is 0 Å². The quantitative estimate of drug-likeness (QED) is 0.582. The molecule has 8 heteroatoms. The molecule has 0 spiro atoms. The van der Waals surface area contributed by atoms with Crippen LogP contribution in [-0.2, 0) is 10.0 Å². The Kier molecular flexibility index (Phi) is 6.17. The lowest BCUT2D eigenvalue weighted by Crippen LogP contribution is -2.43. The van der Waals surface area contributed by atoms with Gasteiger partial charge in [0.15, 0.2) is 0 Å². The van der Waals surface area contributed by atoms with Gasteiger partial charge >= 0.3 is 0 Å². The Hall–Kier alpha value is -2.97. The minimum Gasteiger partial charge on any atom is -0.486 e. The molecule has 1 aliphatic rings. The number of benzene rings is 3. The van der Waals surface area contributed by atoms with E-state index in [0.29, 0.717) is 35.4 Å². The van der Waals surface area contributed by atoms with Gasteiger partial charge in [-0.25, -0.2) is 17.2 Å². The molecule has 3 aromatic carbocycles. The van der Waals surface area contributed by atoms with Gasteiger partial charge in [-0.2, -0.15) is 0 Å². The molecule has 0 amide bonds. The molecule has 1 N–H and O–H groups in total. The number of nitrogens with zero attached hydrogens (tertiary/aromatic N) is 1. The fourth-order valence-corrected chi connectivity index (χ4v) is 5.42. The molecule has 0 aliphatic carbocycles. The molecule has 0 fully saturated rings. The van der Waals surface area contributed by atoms with Gasteiger partial charge in [0.2, 0.25) is 0 Å². The molecule has 0 bridgehead atoms. The fourth-order valence-electron chi connectivity index (χ4n) is 3.81. The van der Waals surface area contributed by atoms with Crippen molar-refractivity contribution in [2.45, 2.75) is 30.8 Å². The number of sulfonamides is 1. The first-order valence-electron chi connectivity index (χ1n) is 10.3. The average molecular weight is 460 g/mol. The zero-order chi connectivity index (χ0) is 22.9. The van der Waals surface area contributed by atoms with Crippen LogP contribution in [0.25, 0.3) is 11.1 Å². The Balaban J connectivity index is 1.82. The SMILES string of the molecule is Cc1cccc(S(=O)(=O)N2C[C@H](CCCO)Oc3ccc(-c4cc(F)cc(F)c4)cc32)c1. The predicted molar refractivity (Wildman–Crippen MR) is 118 cm³/mol. The van der Waals surface area contributed by atoms with Gasteiger partial charge < -0.3 is 9.84 Å². The second-order valence-corrected chi connectivity index (χ2v) is 9.66. The molecular weight excluding hydrogens is 436 g/mol. The van der Waals surface area contributed by atoms with Gasteiger partial charge in [0.1, 0.15) is 23.5 Å². The van der Waals surface area contributed by atoms with Gasteiger partial charge in [-0.1, -0.05) is 18.2 Å². The largest absolute Gasteiger partial charge is 0.486 e. The van der Waals surface area contributed by atoms with Gasteiger partial charge in [-0.3, -0.25) is 4.31 Å². The van der Waals surface area contributed by atoms with Crippen LogP contribution < -0.4 is 9.04 Å². The van der Waals surface area contributed by atoms with Crippen LogP contribution in [0.15, 0.2) is 65.6 Å². The number of aliphatic hydroxyl groups is 1. The monoisotopic (exact) mass is 459 g/mol. The second kappa shape index (κ2) is 8.88. The Labute approximate surface area is 185 Å². The molecular formula is C24H23F2NO4S. The highest BCUT2D eigenvalue weighted by Crippen LogP contribution is 2.40. The molecule has 32 heavy (non-hydrogen) atoms. The van der Waals surface area contributed by atoms with E-state index in [0.717, 1.165) is 11.6 Å². The molecule has 5 nitrogen and oxygen atoms in total. The second-order valence-electron chi connectivity index (χ2n) is 7.80. The molecule has 0 saturated heterocycles. The molecule has 1 aliphatic heterocycles. The van der Waals surface area contributed by atoms with Gasteiger partial charge in [0.05, 0.1) is 17.1 Å². The smallest absolute Gasteiger partial charge is 0.264 e. The summed E-state index contributed by atoms with van der Waals surface area (Å²) in [4.78, 5) is 0.147. The maximum absolute atomic E-state index is 13.8. The summed E-state index contributed by atoms with van der Waals surface area (Å²) in [6, 6.07) is 14.6. The number of ether oxygens (including phenoxy) is 1. The van der Waals surface area contributed by atoms with Gasteiger partial charge in [-0.05, 0) is 72.9 Å². The molecule has 1 atom stereocenters. The first-order valence-corrected chi connectivity index (χ1v) is 11.7. The zero-order valence-corrected chi connectivity index (χ0v) is 18.3. The van der Waals surface area contributed by atoms with Crippen LogP contribution in [0, 0.1) is 18.6 Å². The highest BCUT2D eigenvalue weighted by atomic mass is 32.2. The number of halogens is 2. The van der Waals surface area contributed by atoms with Crippen molar-refractivity contribution in [3.8, 4) is 16.9 Å². The highest BCUT2D eigenvalue weighted by molar-refractivity contribution is 7.92. The van der Waals surface area contributed by atoms with E-state index in [-0.39, 0.29) is 18.0 Å². The lowest BCUT2D eigenvalue weighted by atomic mass is 10.0. The van der Waals surface area contributed by atoms with Crippen molar-refractivity contribution < 1.29 is 27.0 Å². The van der Waals surface area contributed by atoms with Crippen LogP contribution >= 0.6 is 0 Å². The third-order valence-corrected chi connectivity index (χ3v) is 7.12. The van der Waals surface area contributed by atoms with E-state index in [4.69, 9.17) is 4.74 Å². The summed E-state index contributed by atoms with van der Waals surface area (Å²) in [6.45, 7) is 1.85. The van der Waals surface area contributed by atoms with Gasteiger partial charge in [-0.15, -0.1) is 0 Å². The summed E-state index contributed by atoms with van der Waals surface area (Å²) in [6.07, 6.45) is 0.512. The van der Waals surface area contributed by atoms with Crippen molar-refractivity contribution in [3.63, 3.8) is 0 Å². The summed E-state index contributed by atoms with van der Waals surface area (Å²) in [7, 11) is -3.93. The predicted octanol–water partition coefficient (Wildman–Crippen LogP) is 4.67. The van der Waals surface area contributed by atoms with Crippen molar-refractivity contribution >= 4 is 15.7 Å². The first-order chi connectivity index (χ1) is 15.3. The van der Waals surface area contributed by atoms with Crippen molar-refractivity contribution in [2.24, 2.45) is 0 Å². The molecule has 0 unspecified atom stereocenters. The third kappa shape index (κ3) is 4.47. The van der Waals surface area contributed by atoms with Crippen LogP contribution in [-0.4, -0.2) is 32.8 Å². The maximum atomic E-state index is 13.8. The summed E-state index contributed by atoms with van der Waals surface area (Å²) >= 11 is 0. The number of fused-ring (bicyclic) bond motifs is 1. The third-order valence-electron chi connectivity index (χ3n) is 5.35. The van der Waals surface area contributed by atoms with Gasteiger partial charge in [0, 0.05) is 12.7 Å². The molecule has 4 rings (SSSR count). The van der Waals surface area contributed by atoms with Crippen molar-refractivity contribution in [3.05, 3.63) is 77.9 Å². The Morgan fingerprint density at radius 2 is 1.78 bits per heavy atom. The van der Waals surface area contributed by atoms with E-state index in [1.807, 2.05) is 13.0 Å². The Bertz CT molecular complexity index is 1230. The van der Waals surface area contributed by atoms with Crippen LogP contribution in [0.3, 0.4) is 0 Å². The van der Waals surface area contributed by atoms with E-state index < -0.39 is 27.8 Å². The van der Waals surface area contributed by atoms with Crippen LogP contribution in [0.2, 0.25) is 0 Å². The summed E-state index contributed by atoms with van der Waals surface area (Å²) in [5.41, 5.74) is 1.86. The lowest BCUT2D eigenvalue weighted by Gasteiger charge is -2.36. The average Bonchev–Trinajstić information content (AvgIpc) is 2.76. The van der Waals surface area contributed by atoms with Crippen LogP contribution in [0.4, 0.5) is 14.5 Å². The topological polar surface area (TPSA) is 66.8 Å². The van der Waals surface area contributed by atoms with Crippen LogP contribution in [0.5, 0.6) is 5.75 Å². The molecule has 168 valence electrons. The normalized spacial score (nSPS) is 15.9. The zero-order valence-electron chi connectivity index (χ0n) is 17.5. The number of aryl methyl sites for hydroxylation is 1. The maximum Gasteiger partial charge on any atom is 0.264 e. The highest BCUT2D eigenvalue weighted by Gasteiger charge is 2.34. The molecule has 3 aromatic rings. The number of hydrogen-bond donors (Lipinski definition) is 1.